The molecular weight excluding hydrogens is 324 g/mol. The zero-order chi connectivity index (χ0) is 17.5. The smallest absolute Gasteiger partial charge is 0.411 e. The van der Waals surface area contributed by atoms with Crippen LogP contribution in [0.4, 0.5) is 16.2 Å². The molecule has 0 heterocycles. The molecule has 0 aliphatic heterocycles. The first-order valence-electron chi connectivity index (χ1n) is 8.03. The number of benzene rings is 2. The second-order valence-electron chi connectivity index (χ2n) is 5.73. The van der Waals surface area contributed by atoms with Crippen LogP contribution in [0, 0.1) is 13.8 Å². The number of nitrogens with one attached hydrogen (secondary N) is 2. The molecule has 0 fully saturated rings. The van der Waals surface area contributed by atoms with Gasteiger partial charge in [-0.05, 0) is 61.2 Å². The molecule has 5 heteroatoms. The second kappa shape index (κ2) is 8.60. The molecule has 0 unspecified atom stereocenters. The molecule has 0 atom stereocenters. The molecule has 128 valence electrons. The minimum absolute atomic E-state index is 0.407. The maximum absolute atomic E-state index is 11.7. The third kappa shape index (κ3) is 5.17. The van der Waals surface area contributed by atoms with Gasteiger partial charge in [-0.2, -0.15) is 0 Å². The van der Waals surface area contributed by atoms with E-state index in [4.69, 9.17) is 16.3 Å². The van der Waals surface area contributed by atoms with Crippen molar-refractivity contribution < 1.29 is 9.53 Å². The number of carbonyl (C=O) groups is 1. The number of rotatable bonds is 6. The van der Waals surface area contributed by atoms with Crippen LogP contribution in [0.2, 0.25) is 5.02 Å². The average molecular weight is 347 g/mol. The quantitative estimate of drug-likeness (QED) is 0.723. The summed E-state index contributed by atoms with van der Waals surface area (Å²) in [6, 6.07) is 11.7. The van der Waals surface area contributed by atoms with Gasteiger partial charge in [-0.25, -0.2) is 4.79 Å². The molecule has 0 spiro atoms. The van der Waals surface area contributed by atoms with Gasteiger partial charge < -0.3 is 10.1 Å². The molecule has 2 aromatic carbocycles. The van der Waals surface area contributed by atoms with Gasteiger partial charge in [-0.15, -0.1) is 0 Å². The summed E-state index contributed by atoms with van der Waals surface area (Å²) < 4.78 is 5.08. The van der Waals surface area contributed by atoms with Crippen molar-refractivity contribution in [1.82, 2.24) is 0 Å². The first-order valence-corrected chi connectivity index (χ1v) is 8.40. The van der Waals surface area contributed by atoms with Crippen molar-refractivity contribution in [2.45, 2.75) is 33.7 Å². The first kappa shape index (κ1) is 18.1. The maximum Gasteiger partial charge on any atom is 0.411 e. The number of hydrogen-bond acceptors (Lipinski definition) is 3. The van der Waals surface area contributed by atoms with Gasteiger partial charge >= 0.3 is 6.09 Å². The highest BCUT2D eigenvalue weighted by Crippen LogP contribution is 2.23. The number of carbonyl (C=O) groups excluding carboxylic acids is 1. The summed E-state index contributed by atoms with van der Waals surface area (Å²) in [5, 5.41) is 6.90. The van der Waals surface area contributed by atoms with E-state index in [1.807, 2.05) is 45.0 Å². The fourth-order valence-corrected chi connectivity index (χ4v) is 2.58. The van der Waals surface area contributed by atoms with Crippen molar-refractivity contribution >= 4 is 29.1 Å². The Labute approximate surface area is 148 Å². The average Bonchev–Trinajstić information content (AvgIpc) is 2.56. The van der Waals surface area contributed by atoms with Crippen LogP contribution in [0.15, 0.2) is 36.4 Å². The molecule has 24 heavy (non-hydrogen) atoms. The summed E-state index contributed by atoms with van der Waals surface area (Å²) >= 11 is 5.89. The number of halogens is 1. The minimum Gasteiger partial charge on any atom is -0.449 e. The predicted octanol–water partition coefficient (Wildman–Crippen LogP) is 5.53. The van der Waals surface area contributed by atoms with Crippen molar-refractivity contribution in [2.75, 3.05) is 17.2 Å². The molecule has 0 radical (unpaired) electrons. The summed E-state index contributed by atoms with van der Waals surface area (Å²) in [6.07, 6.45) is 0.399. The van der Waals surface area contributed by atoms with Crippen LogP contribution in [0.5, 0.6) is 0 Å². The van der Waals surface area contributed by atoms with Crippen LogP contribution in [-0.2, 0) is 11.3 Å². The number of ether oxygens (including phenoxy) is 1. The molecule has 0 aromatic heterocycles. The van der Waals surface area contributed by atoms with Gasteiger partial charge in [0.1, 0.15) is 0 Å². The lowest BCUT2D eigenvalue weighted by Crippen LogP contribution is -2.16. The van der Waals surface area contributed by atoms with Gasteiger partial charge in [-0.3, -0.25) is 5.32 Å². The number of anilines is 2. The van der Waals surface area contributed by atoms with Crippen LogP contribution in [0.25, 0.3) is 0 Å². The van der Waals surface area contributed by atoms with Gasteiger partial charge in [-0.1, -0.05) is 30.7 Å². The van der Waals surface area contributed by atoms with E-state index in [2.05, 4.69) is 22.8 Å². The van der Waals surface area contributed by atoms with Gasteiger partial charge in [0.2, 0.25) is 0 Å². The van der Waals surface area contributed by atoms with Crippen molar-refractivity contribution in [3.63, 3.8) is 0 Å². The molecule has 1 amide bonds. The molecule has 0 saturated carbocycles. The molecule has 0 saturated heterocycles. The van der Waals surface area contributed by atoms with E-state index in [9.17, 15) is 4.79 Å². The molecule has 2 rings (SSSR count). The van der Waals surface area contributed by atoms with Gasteiger partial charge in [0, 0.05) is 22.9 Å². The lowest BCUT2D eigenvalue weighted by Gasteiger charge is -2.15. The van der Waals surface area contributed by atoms with Gasteiger partial charge in [0.15, 0.2) is 0 Å². The largest absolute Gasteiger partial charge is 0.449 e. The van der Waals surface area contributed by atoms with E-state index in [1.54, 1.807) is 0 Å². The molecule has 0 aliphatic carbocycles. The van der Waals surface area contributed by atoms with Crippen LogP contribution < -0.4 is 10.6 Å². The molecule has 0 bridgehead atoms. The third-order valence-electron chi connectivity index (χ3n) is 3.60. The normalized spacial score (nSPS) is 10.3. The Kier molecular flexibility index (Phi) is 6.50. The molecule has 2 N–H and O–H groups in total. The van der Waals surface area contributed by atoms with E-state index in [1.165, 1.54) is 0 Å². The van der Waals surface area contributed by atoms with Crippen LogP contribution in [-0.4, -0.2) is 12.7 Å². The summed E-state index contributed by atoms with van der Waals surface area (Å²) in [6.45, 7) is 7.05. The van der Waals surface area contributed by atoms with Crippen molar-refractivity contribution in [3.05, 3.63) is 58.1 Å². The highest BCUT2D eigenvalue weighted by Gasteiger charge is 2.09. The zero-order valence-electron chi connectivity index (χ0n) is 14.3. The van der Waals surface area contributed by atoms with E-state index < -0.39 is 6.09 Å². The van der Waals surface area contributed by atoms with Crippen LogP contribution in [0.3, 0.4) is 0 Å². The fourth-order valence-electron chi connectivity index (χ4n) is 2.46. The van der Waals surface area contributed by atoms with Gasteiger partial charge in [0.25, 0.3) is 0 Å². The predicted molar refractivity (Wildman–Crippen MR) is 100.0 cm³/mol. The molecule has 4 nitrogen and oxygen atoms in total. The molecule has 0 aliphatic rings. The number of amides is 1. The topological polar surface area (TPSA) is 50.4 Å². The first-order chi connectivity index (χ1) is 11.5. The standard InChI is InChI=1S/C19H23ClN2O2/c1-4-9-24-19(23)22-18-13(2)10-15(11-14(18)3)12-21-17-7-5-16(20)6-8-17/h5-8,10-11,21H,4,9,12H2,1-3H3,(H,22,23). The van der Waals surface area contributed by atoms with Crippen molar-refractivity contribution in [1.29, 1.82) is 0 Å². The van der Waals surface area contributed by atoms with Gasteiger partial charge in [0.05, 0.1) is 6.61 Å². The maximum atomic E-state index is 11.7. The van der Waals surface area contributed by atoms with Crippen LogP contribution in [0.1, 0.15) is 30.0 Å². The Morgan fingerprint density at radius 1 is 1.12 bits per heavy atom. The highest BCUT2D eigenvalue weighted by atomic mass is 35.5. The Bertz CT molecular complexity index is 676. The SMILES string of the molecule is CCCOC(=O)Nc1c(C)cc(CNc2ccc(Cl)cc2)cc1C. The van der Waals surface area contributed by atoms with E-state index in [0.29, 0.717) is 13.2 Å². The summed E-state index contributed by atoms with van der Waals surface area (Å²) in [5.74, 6) is 0. The Hall–Kier alpha value is -2.20. The zero-order valence-corrected chi connectivity index (χ0v) is 15.0. The fraction of sp³-hybridized carbons (Fsp3) is 0.316. The lowest BCUT2D eigenvalue weighted by atomic mass is 10.0. The van der Waals surface area contributed by atoms with E-state index in [0.717, 1.165) is 39.5 Å². The van der Waals surface area contributed by atoms with Crippen LogP contribution >= 0.6 is 11.6 Å². The Balaban J connectivity index is 2.03. The molecular formula is C19H23ClN2O2. The summed E-state index contributed by atoms with van der Waals surface area (Å²) in [5.41, 5.74) is 4.99. The van der Waals surface area contributed by atoms with Crippen molar-refractivity contribution in [3.8, 4) is 0 Å². The monoisotopic (exact) mass is 346 g/mol. The lowest BCUT2D eigenvalue weighted by molar-refractivity contribution is 0.161. The van der Waals surface area contributed by atoms with E-state index in [-0.39, 0.29) is 0 Å². The highest BCUT2D eigenvalue weighted by molar-refractivity contribution is 6.30. The third-order valence-corrected chi connectivity index (χ3v) is 3.85. The number of aryl methyl sites for hydroxylation is 2. The summed E-state index contributed by atoms with van der Waals surface area (Å²) in [7, 11) is 0. The molecule has 2 aromatic rings. The minimum atomic E-state index is -0.407. The number of hydrogen-bond donors (Lipinski definition) is 2. The van der Waals surface area contributed by atoms with E-state index >= 15 is 0 Å². The Morgan fingerprint density at radius 3 is 2.33 bits per heavy atom. The summed E-state index contributed by atoms with van der Waals surface area (Å²) in [4.78, 5) is 11.7. The Morgan fingerprint density at radius 2 is 1.75 bits per heavy atom. The van der Waals surface area contributed by atoms with Crippen molar-refractivity contribution in [2.24, 2.45) is 0 Å². The second-order valence-corrected chi connectivity index (χ2v) is 6.16.